The Morgan fingerprint density at radius 2 is 2.16 bits per heavy atom. The van der Waals surface area contributed by atoms with Crippen molar-refractivity contribution in [2.75, 3.05) is 17.7 Å². The second-order valence-electron chi connectivity index (χ2n) is 3.59. The lowest BCUT2D eigenvalue weighted by molar-refractivity contribution is -0.118. The van der Waals surface area contributed by atoms with Gasteiger partial charge in [0.25, 0.3) is 5.91 Å². The first-order valence-corrected chi connectivity index (χ1v) is 5.78. The summed E-state index contributed by atoms with van der Waals surface area (Å²) in [7, 11) is 0. The van der Waals surface area contributed by atoms with Gasteiger partial charge >= 0.3 is 0 Å². The van der Waals surface area contributed by atoms with Gasteiger partial charge in [0.15, 0.2) is 6.61 Å². The van der Waals surface area contributed by atoms with E-state index in [1.807, 2.05) is 0 Å². The summed E-state index contributed by atoms with van der Waals surface area (Å²) in [6.07, 6.45) is 1.45. The van der Waals surface area contributed by atoms with E-state index in [-0.39, 0.29) is 17.8 Å². The molecule has 2 aromatic rings. The van der Waals surface area contributed by atoms with Crippen LogP contribution in [0.25, 0.3) is 0 Å². The molecule has 2 rings (SSSR count). The Morgan fingerprint density at radius 1 is 1.37 bits per heavy atom. The zero-order valence-electron chi connectivity index (χ0n) is 9.84. The molecule has 98 valence electrons. The molecule has 0 fully saturated rings. The number of nitrogens with two attached hydrogens (primary N) is 1. The van der Waals surface area contributed by atoms with Gasteiger partial charge in [-0.05, 0) is 29.8 Å². The van der Waals surface area contributed by atoms with Gasteiger partial charge in [-0.25, -0.2) is 9.97 Å². The maximum atomic E-state index is 11.6. The lowest BCUT2D eigenvalue weighted by atomic mass is 10.3. The van der Waals surface area contributed by atoms with E-state index in [1.54, 1.807) is 24.3 Å². The Kier molecular flexibility index (Phi) is 4.15. The highest BCUT2D eigenvalue weighted by Crippen LogP contribution is 2.19. The topological polar surface area (TPSA) is 90.1 Å². The third-order valence-corrected chi connectivity index (χ3v) is 2.35. The number of carbonyl (C=O) groups excluding carboxylic acids is 1. The van der Waals surface area contributed by atoms with Crippen molar-refractivity contribution >= 4 is 29.0 Å². The van der Waals surface area contributed by atoms with Crippen LogP contribution in [0.4, 0.5) is 11.5 Å². The molecule has 7 heteroatoms. The Bertz CT molecular complexity index is 591. The van der Waals surface area contributed by atoms with Crippen LogP contribution >= 0.6 is 11.6 Å². The Morgan fingerprint density at radius 3 is 2.89 bits per heavy atom. The van der Waals surface area contributed by atoms with Crippen LogP contribution in [0.1, 0.15) is 0 Å². The number of hydrogen-bond acceptors (Lipinski definition) is 5. The number of anilines is 2. The number of nitrogens with zero attached hydrogens (tertiary/aromatic N) is 2. The molecule has 1 aromatic carbocycles. The van der Waals surface area contributed by atoms with Crippen molar-refractivity contribution in [2.45, 2.75) is 0 Å². The first-order chi connectivity index (χ1) is 9.15. The number of nitrogens with one attached hydrogen (secondary N) is 1. The number of rotatable bonds is 4. The fraction of sp³-hybridized carbons (Fsp3) is 0.0833. The van der Waals surface area contributed by atoms with E-state index in [9.17, 15) is 4.79 Å². The Labute approximate surface area is 114 Å². The molecule has 0 saturated carbocycles. The second kappa shape index (κ2) is 6.01. The van der Waals surface area contributed by atoms with Crippen molar-refractivity contribution in [2.24, 2.45) is 0 Å². The van der Waals surface area contributed by atoms with Crippen LogP contribution in [-0.4, -0.2) is 22.5 Å². The zero-order chi connectivity index (χ0) is 13.7. The van der Waals surface area contributed by atoms with E-state index in [2.05, 4.69) is 15.3 Å². The second-order valence-corrected chi connectivity index (χ2v) is 3.92. The summed E-state index contributed by atoms with van der Waals surface area (Å²) >= 11 is 5.60. The third-order valence-electron chi connectivity index (χ3n) is 2.17. The van der Waals surface area contributed by atoms with Crippen molar-refractivity contribution in [3.8, 4) is 5.75 Å². The highest BCUT2D eigenvalue weighted by atomic mass is 35.5. The largest absolute Gasteiger partial charge is 0.482 e. The molecule has 0 aliphatic carbocycles. The van der Waals surface area contributed by atoms with Crippen molar-refractivity contribution in [3.63, 3.8) is 0 Å². The van der Waals surface area contributed by atoms with Gasteiger partial charge in [0, 0.05) is 6.20 Å². The Hall–Kier alpha value is -2.34. The minimum atomic E-state index is -0.363. The number of hydrogen-bond donors (Lipinski definition) is 2. The van der Waals surface area contributed by atoms with Gasteiger partial charge in [0.2, 0.25) is 5.28 Å². The van der Waals surface area contributed by atoms with Gasteiger partial charge < -0.3 is 15.8 Å². The fourth-order valence-electron chi connectivity index (χ4n) is 1.34. The third kappa shape index (κ3) is 3.82. The number of aromatic nitrogens is 2. The van der Waals surface area contributed by atoms with Crippen molar-refractivity contribution in [1.82, 2.24) is 9.97 Å². The quantitative estimate of drug-likeness (QED) is 0.656. The molecule has 1 amide bonds. The molecule has 3 N–H and O–H groups in total. The molecule has 0 spiro atoms. The van der Waals surface area contributed by atoms with Gasteiger partial charge in [-0.2, -0.15) is 0 Å². The number of amides is 1. The predicted molar refractivity (Wildman–Crippen MR) is 72.0 cm³/mol. The highest BCUT2D eigenvalue weighted by Gasteiger charge is 2.06. The maximum Gasteiger partial charge on any atom is 0.263 e. The number of nitrogen functional groups attached to an aromatic ring is 1. The Balaban J connectivity index is 1.90. The standard InChI is InChI=1S/C12H11ClN4O2/c13-12-15-6-5-10(17-12)16-11(18)7-19-9-4-2-1-3-8(9)14/h1-6H,7,14H2,(H,15,16,17,18). The van der Waals surface area contributed by atoms with Crippen LogP contribution in [0.15, 0.2) is 36.5 Å². The molecule has 0 bridgehead atoms. The average molecular weight is 279 g/mol. The number of carbonyl (C=O) groups is 1. The van der Waals surface area contributed by atoms with Gasteiger partial charge in [0.05, 0.1) is 5.69 Å². The van der Waals surface area contributed by atoms with Crippen LogP contribution in [-0.2, 0) is 4.79 Å². The van der Waals surface area contributed by atoms with Crippen LogP contribution < -0.4 is 15.8 Å². The molecule has 1 heterocycles. The van der Waals surface area contributed by atoms with Crippen molar-refractivity contribution in [1.29, 1.82) is 0 Å². The summed E-state index contributed by atoms with van der Waals surface area (Å²) in [5.41, 5.74) is 6.16. The van der Waals surface area contributed by atoms with Crippen LogP contribution in [0.5, 0.6) is 5.75 Å². The molecule has 0 aliphatic heterocycles. The van der Waals surface area contributed by atoms with E-state index in [0.717, 1.165) is 0 Å². The molecule has 0 radical (unpaired) electrons. The van der Waals surface area contributed by atoms with Crippen LogP contribution in [0.3, 0.4) is 0 Å². The van der Waals surface area contributed by atoms with Gasteiger partial charge in [-0.1, -0.05) is 12.1 Å². The zero-order valence-corrected chi connectivity index (χ0v) is 10.6. The van der Waals surface area contributed by atoms with E-state index in [1.165, 1.54) is 12.3 Å². The number of halogens is 1. The van der Waals surface area contributed by atoms with E-state index in [0.29, 0.717) is 17.3 Å². The number of benzene rings is 1. The summed E-state index contributed by atoms with van der Waals surface area (Å²) in [6.45, 7) is -0.171. The number of para-hydroxylation sites is 2. The monoisotopic (exact) mass is 278 g/mol. The molecule has 6 nitrogen and oxygen atoms in total. The van der Waals surface area contributed by atoms with E-state index >= 15 is 0 Å². The van der Waals surface area contributed by atoms with Crippen LogP contribution in [0, 0.1) is 0 Å². The summed E-state index contributed by atoms with van der Waals surface area (Å²) in [5.74, 6) is 0.408. The molecule has 0 atom stereocenters. The smallest absolute Gasteiger partial charge is 0.263 e. The minimum absolute atomic E-state index is 0.0611. The minimum Gasteiger partial charge on any atom is -0.482 e. The normalized spacial score (nSPS) is 9.95. The molecule has 0 unspecified atom stereocenters. The molecule has 19 heavy (non-hydrogen) atoms. The van der Waals surface area contributed by atoms with Crippen LogP contribution in [0.2, 0.25) is 5.28 Å². The summed E-state index contributed by atoms with van der Waals surface area (Å²) in [4.78, 5) is 19.2. The predicted octanol–water partition coefficient (Wildman–Crippen LogP) is 1.73. The molecule has 0 saturated heterocycles. The average Bonchev–Trinajstić information content (AvgIpc) is 2.38. The summed E-state index contributed by atoms with van der Waals surface area (Å²) in [5, 5.41) is 2.59. The fourth-order valence-corrected chi connectivity index (χ4v) is 1.49. The van der Waals surface area contributed by atoms with Gasteiger partial charge in [-0.15, -0.1) is 0 Å². The number of ether oxygens (including phenoxy) is 1. The lowest BCUT2D eigenvalue weighted by Crippen LogP contribution is -2.21. The lowest BCUT2D eigenvalue weighted by Gasteiger charge is -2.08. The summed E-state index contributed by atoms with van der Waals surface area (Å²) < 4.78 is 5.29. The molecule has 0 aliphatic rings. The summed E-state index contributed by atoms with van der Waals surface area (Å²) in [6, 6.07) is 8.46. The van der Waals surface area contributed by atoms with Crippen molar-refractivity contribution < 1.29 is 9.53 Å². The maximum absolute atomic E-state index is 11.6. The van der Waals surface area contributed by atoms with Gasteiger partial charge in [0.1, 0.15) is 11.6 Å². The van der Waals surface area contributed by atoms with E-state index < -0.39 is 0 Å². The van der Waals surface area contributed by atoms with Gasteiger partial charge in [-0.3, -0.25) is 4.79 Å². The first kappa shape index (κ1) is 13.1. The SMILES string of the molecule is Nc1ccccc1OCC(=O)Nc1ccnc(Cl)n1. The first-order valence-electron chi connectivity index (χ1n) is 5.41. The molecular weight excluding hydrogens is 268 g/mol. The van der Waals surface area contributed by atoms with E-state index in [4.69, 9.17) is 22.1 Å². The molecule has 1 aromatic heterocycles. The highest BCUT2D eigenvalue weighted by molar-refractivity contribution is 6.28. The van der Waals surface area contributed by atoms with Crippen molar-refractivity contribution in [3.05, 3.63) is 41.8 Å². The molecular formula is C12H11ClN4O2.